The van der Waals surface area contributed by atoms with E-state index in [4.69, 9.17) is 17.2 Å². The molecule has 2 heterocycles. The second kappa shape index (κ2) is 3.89. The minimum atomic E-state index is -0.112. The maximum atomic E-state index is 5.77. The van der Waals surface area contributed by atoms with Crippen molar-refractivity contribution in [3.8, 4) is 0 Å². The average Bonchev–Trinajstić information content (AvgIpc) is 2.60. The zero-order valence-electron chi connectivity index (χ0n) is 9.62. The monoisotopic (exact) mass is 234 g/mol. The van der Waals surface area contributed by atoms with Crippen molar-refractivity contribution >= 4 is 28.9 Å². The maximum Gasteiger partial charge on any atom is 0.256 e. The Morgan fingerprint density at radius 3 is 2.65 bits per heavy atom. The number of aliphatic imine (C=N–C) groups is 1. The molecule has 0 aliphatic carbocycles. The molecule has 8 nitrogen and oxygen atoms in total. The van der Waals surface area contributed by atoms with Crippen LogP contribution in [0.5, 0.6) is 0 Å². The minimum Gasteiger partial charge on any atom is -0.382 e. The van der Waals surface area contributed by atoms with E-state index in [9.17, 15) is 0 Å². The van der Waals surface area contributed by atoms with Crippen LogP contribution >= 0.6 is 0 Å². The molecule has 0 aliphatic heterocycles. The lowest BCUT2D eigenvalue weighted by Gasteiger charge is -2.07. The van der Waals surface area contributed by atoms with E-state index in [1.165, 1.54) is 0 Å². The Kier molecular flexibility index (Phi) is 2.54. The number of hydrogen-bond donors (Lipinski definition) is 3. The molecule has 2 aromatic rings. The summed E-state index contributed by atoms with van der Waals surface area (Å²) in [5.41, 5.74) is 17.5. The number of guanidine groups is 1. The Labute approximate surface area is 97.6 Å². The molecule has 2 rings (SSSR count). The van der Waals surface area contributed by atoms with Crippen LogP contribution in [0, 0.1) is 0 Å². The van der Waals surface area contributed by atoms with Crippen molar-refractivity contribution < 1.29 is 0 Å². The van der Waals surface area contributed by atoms with Crippen molar-refractivity contribution in [3.63, 3.8) is 0 Å². The van der Waals surface area contributed by atoms with E-state index in [2.05, 4.69) is 19.9 Å². The van der Waals surface area contributed by atoms with Crippen molar-refractivity contribution in [1.29, 1.82) is 0 Å². The van der Waals surface area contributed by atoms with Gasteiger partial charge in [0.05, 0.1) is 6.33 Å². The number of aromatic nitrogens is 4. The molecule has 0 amide bonds. The number of rotatable bonds is 2. The molecule has 0 unspecified atom stereocenters. The summed E-state index contributed by atoms with van der Waals surface area (Å²) in [5, 5.41) is 0. The predicted octanol–water partition coefficient (Wildman–Crippen LogP) is -0.106. The maximum absolute atomic E-state index is 5.77. The predicted molar refractivity (Wildman–Crippen MR) is 65.6 cm³/mol. The largest absolute Gasteiger partial charge is 0.382 e. The van der Waals surface area contributed by atoms with Gasteiger partial charge >= 0.3 is 0 Å². The van der Waals surface area contributed by atoms with Gasteiger partial charge in [-0.05, 0) is 13.8 Å². The van der Waals surface area contributed by atoms with Crippen molar-refractivity contribution in [1.82, 2.24) is 19.5 Å². The van der Waals surface area contributed by atoms with Crippen molar-refractivity contribution in [2.45, 2.75) is 19.9 Å². The first-order chi connectivity index (χ1) is 7.99. The van der Waals surface area contributed by atoms with Gasteiger partial charge in [0.1, 0.15) is 5.52 Å². The smallest absolute Gasteiger partial charge is 0.256 e. The van der Waals surface area contributed by atoms with Crippen LogP contribution in [0.25, 0.3) is 11.2 Å². The first-order valence-electron chi connectivity index (χ1n) is 5.08. The molecule has 0 spiro atoms. The number of imidazole rings is 1. The topological polar surface area (TPSA) is 134 Å². The summed E-state index contributed by atoms with van der Waals surface area (Å²) in [4.78, 5) is 16.1. The third-order valence-corrected chi connectivity index (χ3v) is 2.22. The van der Waals surface area contributed by atoms with E-state index >= 15 is 0 Å². The zero-order chi connectivity index (χ0) is 12.6. The highest BCUT2D eigenvalue weighted by atomic mass is 15.2. The highest BCUT2D eigenvalue weighted by molar-refractivity contribution is 5.84. The van der Waals surface area contributed by atoms with Crippen LogP contribution in [0.2, 0.25) is 0 Å². The molecule has 17 heavy (non-hydrogen) atoms. The van der Waals surface area contributed by atoms with Crippen LogP contribution in [0.15, 0.2) is 11.3 Å². The lowest BCUT2D eigenvalue weighted by molar-refractivity contribution is 0.613. The van der Waals surface area contributed by atoms with Crippen LogP contribution in [0.1, 0.15) is 19.9 Å². The normalized spacial score (nSPS) is 11.0. The van der Waals surface area contributed by atoms with Crippen LogP contribution in [-0.2, 0) is 0 Å². The van der Waals surface area contributed by atoms with Gasteiger partial charge in [0, 0.05) is 6.04 Å². The number of fused-ring (bicyclic) bond motifs is 1. The second-order valence-electron chi connectivity index (χ2n) is 3.86. The van der Waals surface area contributed by atoms with Gasteiger partial charge in [-0.25, -0.2) is 4.98 Å². The van der Waals surface area contributed by atoms with E-state index in [0.717, 1.165) is 0 Å². The lowest BCUT2D eigenvalue weighted by Crippen LogP contribution is -2.22. The van der Waals surface area contributed by atoms with Crippen LogP contribution in [0.4, 0.5) is 11.8 Å². The average molecular weight is 234 g/mol. The van der Waals surface area contributed by atoms with E-state index in [0.29, 0.717) is 11.2 Å². The quantitative estimate of drug-likeness (QED) is 0.490. The molecule has 0 radical (unpaired) electrons. The molecule has 0 saturated carbocycles. The Hall–Kier alpha value is -2.38. The van der Waals surface area contributed by atoms with Crippen molar-refractivity contribution in [3.05, 3.63) is 6.33 Å². The number of anilines is 1. The third kappa shape index (κ3) is 1.96. The third-order valence-electron chi connectivity index (χ3n) is 2.22. The van der Waals surface area contributed by atoms with Crippen LogP contribution in [-0.4, -0.2) is 25.5 Å². The van der Waals surface area contributed by atoms with Gasteiger partial charge in [-0.2, -0.15) is 15.0 Å². The van der Waals surface area contributed by atoms with Crippen molar-refractivity contribution in [2.24, 2.45) is 16.5 Å². The van der Waals surface area contributed by atoms with Gasteiger partial charge in [0.25, 0.3) is 5.95 Å². The van der Waals surface area contributed by atoms with Gasteiger partial charge < -0.3 is 21.8 Å². The Morgan fingerprint density at radius 1 is 1.35 bits per heavy atom. The molecule has 6 N–H and O–H groups in total. The first-order valence-corrected chi connectivity index (χ1v) is 5.08. The summed E-state index contributed by atoms with van der Waals surface area (Å²) in [6.45, 7) is 4.03. The molecule has 0 aliphatic rings. The van der Waals surface area contributed by atoms with Gasteiger partial charge in [-0.15, -0.1) is 0 Å². The number of nitrogens with zero attached hydrogens (tertiary/aromatic N) is 5. The van der Waals surface area contributed by atoms with Gasteiger partial charge in [-0.1, -0.05) is 0 Å². The van der Waals surface area contributed by atoms with Crippen molar-refractivity contribution in [2.75, 3.05) is 5.73 Å². The van der Waals surface area contributed by atoms with E-state index in [1.807, 2.05) is 18.4 Å². The summed E-state index contributed by atoms with van der Waals surface area (Å²) in [5.74, 6) is 0.283. The molecule has 0 fully saturated rings. The summed E-state index contributed by atoms with van der Waals surface area (Å²) in [6.07, 6.45) is 1.67. The summed E-state index contributed by atoms with van der Waals surface area (Å²) in [7, 11) is 0. The SMILES string of the molecule is CC(C)n1cnc2c(N)nc(N=C(N)N)nc21. The zero-order valence-corrected chi connectivity index (χ0v) is 9.62. The standard InChI is InChI=1S/C9H14N8/c1-4(2)17-3-13-5-6(10)14-9(15-7(5)17)16-8(11)12/h3-4H,1-2H3,(H6,10,11,12,14,15,16). The van der Waals surface area contributed by atoms with E-state index in [1.54, 1.807) is 6.33 Å². The molecule has 90 valence electrons. The summed E-state index contributed by atoms with van der Waals surface area (Å²) >= 11 is 0. The molecular weight excluding hydrogens is 220 g/mol. The van der Waals surface area contributed by atoms with Gasteiger partial charge in [-0.3, -0.25) is 0 Å². The van der Waals surface area contributed by atoms with Crippen LogP contribution in [0.3, 0.4) is 0 Å². The second-order valence-corrected chi connectivity index (χ2v) is 3.86. The Bertz CT molecular complexity index is 578. The number of hydrogen-bond acceptors (Lipinski definition) is 5. The molecule has 2 aromatic heterocycles. The molecule has 0 aromatic carbocycles. The Balaban J connectivity index is 2.69. The molecule has 0 bridgehead atoms. The number of nitrogen functional groups attached to an aromatic ring is 1. The fourth-order valence-corrected chi connectivity index (χ4v) is 1.47. The van der Waals surface area contributed by atoms with E-state index < -0.39 is 0 Å². The summed E-state index contributed by atoms with van der Waals surface area (Å²) in [6, 6.07) is 0.210. The molecular formula is C9H14N8. The fourth-order valence-electron chi connectivity index (χ4n) is 1.47. The minimum absolute atomic E-state index is 0.112. The van der Waals surface area contributed by atoms with E-state index in [-0.39, 0.29) is 23.8 Å². The Morgan fingerprint density at radius 2 is 2.06 bits per heavy atom. The molecule has 0 atom stereocenters. The molecule has 8 heteroatoms. The highest BCUT2D eigenvalue weighted by Gasteiger charge is 2.12. The fraction of sp³-hybridized carbons (Fsp3) is 0.333. The first kappa shape index (κ1) is 11.1. The van der Waals surface area contributed by atoms with Gasteiger partial charge in [0.2, 0.25) is 0 Å². The lowest BCUT2D eigenvalue weighted by atomic mass is 10.4. The molecule has 0 saturated heterocycles. The van der Waals surface area contributed by atoms with Crippen LogP contribution < -0.4 is 17.2 Å². The summed E-state index contributed by atoms with van der Waals surface area (Å²) < 4.78 is 1.87. The highest BCUT2D eigenvalue weighted by Crippen LogP contribution is 2.21. The van der Waals surface area contributed by atoms with Gasteiger partial charge in [0.15, 0.2) is 17.4 Å². The number of nitrogens with two attached hydrogens (primary N) is 3.